The molecule has 2 amide bonds. The molecule has 0 unspecified atom stereocenters. The molecule has 0 heterocycles. The summed E-state index contributed by atoms with van der Waals surface area (Å²) in [5.41, 5.74) is 9.09. The fourth-order valence-electron chi connectivity index (χ4n) is 1.81. The molecule has 5 heteroatoms. The molecular weight excluding hydrogens is 230 g/mol. The first-order valence-corrected chi connectivity index (χ1v) is 5.78. The van der Waals surface area contributed by atoms with E-state index < -0.39 is 0 Å². The molecule has 0 saturated heterocycles. The average molecular weight is 249 g/mol. The summed E-state index contributed by atoms with van der Waals surface area (Å²) in [4.78, 5) is 22.6. The summed E-state index contributed by atoms with van der Waals surface area (Å²) in [6.45, 7) is 5.70. The Hall–Kier alpha value is -1.88. The number of carbonyl (C=O) groups excluding carboxylic acids is 2. The van der Waals surface area contributed by atoms with Crippen LogP contribution in [0.3, 0.4) is 0 Å². The predicted octanol–water partition coefficient (Wildman–Crippen LogP) is 0.625. The van der Waals surface area contributed by atoms with Crippen molar-refractivity contribution in [2.45, 2.75) is 20.8 Å². The molecule has 0 aliphatic heterocycles. The number of hydrogen-bond acceptors (Lipinski definition) is 3. The van der Waals surface area contributed by atoms with E-state index in [2.05, 4.69) is 10.6 Å². The van der Waals surface area contributed by atoms with Crippen molar-refractivity contribution in [1.29, 1.82) is 0 Å². The van der Waals surface area contributed by atoms with Crippen molar-refractivity contribution in [1.82, 2.24) is 5.32 Å². The van der Waals surface area contributed by atoms with Gasteiger partial charge in [0.15, 0.2) is 0 Å². The van der Waals surface area contributed by atoms with E-state index >= 15 is 0 Å². The third kappa shape index (κ3) is 3.85. The molecule has 0 saturated carbocycles. The summed E-state index contributed by atoms with van der Waals surface area (Å²) >= 11 is 0. The van der Waals surface area contributed by atoms with E-state index in [0.717, 1.165) is 22.4 Å². The highest BCUT2D eigenvalue weighted by molar-refractivity contribution is 5.95. The molecular formula is C13H19N3O2. The summed E-state index contributed by atoms with van der Waals surface area (Å²) in [6.07, 6.45) is 0. The van der Waals surface area contributed by atoms with Gasteiger partial charge < -0.3 is 16.4 Å². The van der Waals surface area contributed by atoms with Crippen molar-refractivity contribution in [3.63, 3.8) is 0 Å². The van der Waals surface area contributed by atoms with E-state index in [1.165, 1.54) is 0 Å². The van der Waals surface area contributed by atoms with E-state index in [4.69, 9.17) is 5.73 Å². The van der Waals surface area contributed by atoms with Gasteiger partial charge in [0.2, 0.25) is 11.8 Å². The van der Waals surface area contributed by atoms with Crippen LogP contribution in [0.2, 0.25) is 0 Å². The number of aryl methyl sites for hydroxylation is 3. The standard InChI is InChI=1S/C13H19N3O2/c1-8-4-9(2)13(10(3)5-8)16-12(18)7-15-11(17)6-14/h4-5H,6-7,14H2,1-3H3,(H,15,17)(H,16,18). The van der Waals surface area contributed by atoms with Gasteiger partial charge in [-0.2, -0.15) is 0 Å². The van der Waals surface area contributed by atoms with Gasteiger partial charge >= 0.3 is 0 Å². The molecule has 0 atom stereocenters. The van der Waals surface area contributed by atoms with E-state index in [9.17, 15) is 9.59 Å². The van der Waals surface area contributed by atoms with E-state index in [0.29, 0.717) is 0 Å². The molecule has 0 radical (unpaired) electrons. The lowest BCUT2D eigenvalue weighted by Crippen LogP contribution is -2.36. The van der Waals surface area contributed by atoms with Crippen LogP contribution in [-0.2, 0) is 9.59 Å². The molecule has 1 aromatic carbocycles. The molecule has 5 nitrogen and oxygen atoms in total. The second-order valence-corrected chi connectivity index (χ2v) is 4.30. The molecule has 1 rings (SSSR count). The van der Waals surface area contributed by atoms with Gasteiger partial charge in [0, 0.05) is 5.69 Å². The Morgan fingerprint density at radius 2 is 1.67 bits per heavy atom. The first-order chi connectivity index (χ1) is 8.43. The van der Waals surface area contributed by atoms with Crippen molar-refractivity contribution in [3.8, 4) is 0 Å². The Kier molecular flexibility index (Phi) is 4.85. The van der Waals surface area contributed by atoms with Crippen LogP contribution in [-0.4, -0.2) is 24.9 Å². The van der Waals surface area contributed by atoms with Crippen molar-refractivity contribution in [2.75, 3.05) is 18.4 Å². The fraction of sp³-hybridized carbons (Fsp3) is 0.385. The molecule has 0 aliphatic carbocycles. The maximum absolute atomic E-state index is 11.7. The zero-order valence-electron chi connectivity index (χ0n) is 11.0. The van der Waals surface area contributed by atoms with Gasteiger partial charge in [-0.25, -0.2) is 0 Å². The topological polar surface area (TPSA) is 84.2 Å². The van der Waals surface area contributed by atoms with Gasteiger partial charge in [-0.05, 0) is 31.9 Å². The molecule has 0 bridgehead atoms. The fourth-order valence-corrected chi connectivity index (χ4v) is 1.81. The van der Waals surface area contributed by atoms with E-state index in [1.54, 1.807) is 0 Å². The van der Waals surface area contributed by atoms with Crippen LogP contribution in [0.1, 0.15) is 16.7 Å². The SMILES string of the molecule is Cc1cc(C)c(NC(=O)CNC(=O)CN)c(C)c1. The van der Waals surface area contributed by atoms with Gasteiger partial charge in [-0.3, -0.25) is 9.59 Å². The first-order valence-electron chi connectivity index (χ1n) is 5.78. The van der Waals surface area contributed by atoms with Crippen molar-refractivity contribution in [2.24, 2.45) is 5.73 Å². The van der Waals surface area contributed by atoms with Crippen LogP contribution in [0.15, 0.2) is 12.1 Å². The maximum Gasteiger partial charge on any atom is 0.243 e. The molecule has 98 valence electrons. The summed E-state index contributed by atoms with van der Waals surface area (Å²) in [6, 6.07) is 4.00. The minimum atomic E-state index is -0.345. The normalized spacial score (nSPS) is 10.0. The van der Waals surface area contributed by atoms with Gasteiger partial charge in [0.1, 0.15) is 0 Å². The van der Waals surface area contributed by atoms with E-state index in [-0.39, 0.29) is 24.9 Å². The lowest BCUT2D eigenvalue weighted by molar-refractivity contribution is -0.123. The molecule has 0 fully saturated rings. The zero-order valence-corrected chi connectivity index (χ0v) is 11.0. The highest BCUT2D eigenvalue weighted by Crippen LogP contribution is 2.21. The van der Waals surface area contributed by atoms with Gasteiger partial charge in [0.05, 0.1) is 13.1 Å². The maximum atomic E-state index is 11.7. The van der Waals surface area contributed by atoms with Crippen LogP contribution < -0.4 is 16.4 Å². The number of nitrogens with two attached hydrogens (primary N) is 1. The highest BCUT2D eigenvalue weighted by Gasteiger charge is 2.08. The monoisotopic (exact) mass is 249 g/mol. The molecule has 4 N–H and O–H groups in total. The number of benzene rings is 1. The van der Waals surface area contributed by atoms with Crippen LogP contribution in [0.4, 0.5) is 5.69 Å². The first kappa shape index (κ1) is 14.2. The van der Waals surface area contributed by atoms with Crippen molar-refractivity contribution >= 4 is 17.5 Å². The molecule has 0 aromatic heterocycles. The Morgan fingerprint density at radius 1 is 1.11 bits per heavy atom. The smallest absolute Gasteiger partial charge is 0.243 e. The number of amides is 2. The zero-order chi connectivity index (χ0) is 13.7. The second-order valence-electron chi connectivity index (χ2n) is 4.30. The van der Waals surface area contributed by atoms with Crippen molar-refractivity contribution in [3.05, 3.63) is 28.8 Å². The van der Waals surface area contributed by atoms with Gasteiger partial charge in [-0.1, -0.05) is 17.7 Å². The van der Waals surface area contributed by atoms with Gasteiger partial charge in [0.25, 0.3) is 0 Å². The Bertz CT molecular complexity index is 446. The minimum Gasteiger partial charge on any atom is -0.346 e. The summed E-state index contributed by atoms with van der Waals surface area (Å²) in [7, 11) is 0. The molecule has 18 heavy (non-hydrogen) atoms. The van der Waals surface area contributed by atoms with Crippen LogP contribution in [0.5, 0.6) is 0 Å². The van der Waals surface area contributed by atoms with Crippen LogP contribution >= 0.6 is 0 Å². The molecule has 0 spiro atoms. The third-order valence-corrected chi connectivity index (χ3v) is 2.57. The summed E-state index contributed by atoms with van der Waals surface area (Å²) in [5.74, 6) is -0.602. The van der Waals surface area contributed by atoms with Crippen LogP contribution in [0.25, 0.3) is 0 Å². The lowest BCUT2D eigenvalue weighted by Gasteiger charge is -2.13. The Morgan fingerprint density at radius 3 is 2.17 bits per heavy atom. The van der Waals surface area contributed by atoms with Crippen LogP contribution in [0, 0.1) is 20.8 Å². The number of anilines is 1. The predicted molar refractivity (Wildman–Crippen MR) is 71.3 cm³/mol. The van der Waals surface area contributed by atoms with Gasteiger partial charge in [-0.15, -0.1) is 0 Å². The average Bonchev–Trinajstić information content (AvgIpc) is 2.30. The Labute approximate surface area is 107 Å². The summed E-state index contributed by atoms with van der Waals surface area (Å²) < 4.78 is 0. The third-order valence-electron chi connectivity index (χ3n) is 2.57. The number of rotatable bonds is 4. The molecule has 1 aromatic rings. The van der Waals surface area contributed by atoms with Crippen molar-refractivity contribution < 1.29 is 9.59 Å². The number of nitrogens with one attached hydrogen (secondary N) is 2. The quantitative estimate of drug-likeness (QED) is 0.731. The van der Waals surface area contributed by atoms with E-state index in [1.807, 2.05) is 32.9 Å². The summed E-state index contributed by atoms with van der Waals surface area (Å²) in [5, 5.41) is 5.22. The number of hydrogen-bond donors (Lipinski definition) is 3. The second kappa shape index (κ2) is 6.16. The Balaban J connectivity index is 2.68. The largest absolute Gasteiger partial charge is 0.346 e. The lowest BCUT2D eigenvalue weighted by atomic mass is 10.1. The molecule has 0 aliphatic rings. The number of carbonyl (C=O) groups is 2. The highest BCUT2D eigenvalue weighted by atomic mass is 16.2. The minimum absolute atomic E-state index is 0.0667.